The number of halogens is 1. The van der Waals surface area contributed by atoms with Crippen molar-refractivity contribution in [1.29, 1.82) is 0 Å². The Kier molecular flexibility index (Phi) is 1.86. The maximum absolute atomic E-state index is 13.6. The summed E-state index contributed by atoms with van der Waals surface area (Å²) in [6.45, 7) is 0. The van der Waals surface area contributed by atoms with E-state index in [1.807, 2.05) is 0 Å². The molecule has 5 heteroatoms. The Morgan fingerprint density at radius 1 is 1.35 bits per heavy atom. The lowest BCUT2D eigenvalue weighted by atomic mass is 9.90. The molecule has 1 aromatic carbocycles. The van der Waals surface area contributed by atoms with E-state index < -0.39 is 11.8 Å². The number of aromatic carboxylic acids is 1. The number of carboxylic acids is 1. The first-order valence-corrected chi connectivity index (χ1v) is 5.19. The van der Waals surface area contributed by atoms with Gasteiger partial charge in [0.05, 0.1) is 5.52 Å². The third kappa shape index (κ3) is 1.22. The number of Topliss-reactive ketones (excluding diaryl/α,β-unsaturated/α-hetero) is 1. The lowest BCUT2D eigenvalue weighted by Crippen LogP contribution is -2.10. The van der Waals surface area contributed by atoms with E-state index in [9.17, 15) is 14.0 Å². The van der Waals surface area contributed by atoms with Crippen LogP contribution in [0.1, 0.15) is 32.8 Å². The number of hydrogen-bond donors (Lipinski definition) is 2. The lowest BCUT2D eigenvalue weighted by molar-refractivity contribution is 0.0689. The molecule has 0 atom stereocenters. The fraction of sp³-hybridized carbons (Fsp3) is 0.167. The average molecular weight is 233 g/mol. The van der Waals surface area contributed by atoms with E-state index in [1.165, 1.54) is 12.1 Å². The van der Waals surface area contributed by atoms with E-state index in [4.69, 9.17) is 5.11 Å². The highest BCUT2D eigenvalue weighted by Crippen LogP contribution is 2.33. The van der Waals surface area contributed by atoms with Crippen LogP contribution in [0.3, 0.4) is 0 Å². The molecule has 0 saturated carbocycles. The van der Waals surface area contributed by atoms with Crippen LogP contribution < -0.4 is 0 Å². The minimum absolute atomic E-state index is 0.0150. The van der Waals surface area contributed by atoms with Gasteiger partial charge in [0.25, 0.3) is 0 Å². The topological polar surface area (TPSA) is 70.2 Å². The standard InChI is InChI=1S/C12H8FNO3/c13-7-3-1-5-8(15)4-2-6-9(5)11(7)14-10(6)12(16)17/h1,3,14H,2,4H2,(H,16,17). The number of nitrogens with one attached hydrogen (secondary N) is 1. The van der Waals surface area contributed by atoms with Gasteiger partial charge in [0.1, 0.15) is 11.5 Å². The normalized spacial score (nSPS) is 14.3. The molecular weight excluding hydrogens is 225 g/mol. The van der Waals surface area contributed by atoms with Crippen LogP contribution in [0.2, 0.25) is 0 Å². The van der Waals surface area contributed by atoms with Crippen molar-refractivity contribution in [3.05, 3.63) is 34.8 Å². The van der Waals surface area contributed by atoms with E-state index >= 15 is 0 Å². The van der Waals surface area contributed by atoms with Gasteiger partial charge in [-0.25, -0.2) is 9.18 Å². The van der Waals surface area contributed by atoms with Gasteiger partial charge in [-0.15, -0.1) is 0 Å². The monoisotopic (exact) mass is 233 g/mol. The number of hydrogen-bond acceptors (Lipinski definition) is 2. The van der Waals surface area contributed by atoms with Crippen LogP contribution in [-0.2, 0) is 6.42 Å². The molecule has 0 amide bonds. The van der Waals surface area contributed by atoms with Gasteiger partial charge in [-0.3, -0.25) is 4.79 Å². The second kappa shape index (κ2) is 3.16. The summed E-state index contributed by atoms with van der Waals surface area (Å²) in [4.78, 5) is 25.3. The highest BCUT2D eigenvalue weighted by molar-refractivity contribution is 6.13. The number of carbonyl (C=O) groups is 2. The van der Waals surface area contributed by atoms with Crippen LogP contribution in [-0.4, -0.2) is 21.8 Å². The summed E-state index contributed by atoms with van der Waals surface area (Å²) < 4.78 is 13.6. The Morgan fingerprint density at radius 3 is 2.82 bits per heavy atom. The second-order valence-corrected chi connectivity index (χ2v) is 4.05. The van der Waals surface area contributed by atoms with Crippen molar-refractivity contribution in [3.63, 3.8) is 0 Å². The zero-order valence-electron chi connectivity index (χ0n) is 8.71. The van der Waals surface area contributed by atoms with Gasteiger partial charge in [-0.1, -0.05) is 0 Å². The highest BCUT2D eigenvalue weighted by atomic mass is 19.1. The first-order valence-electron chi connectivity index (χ1n) is 5.19. The van der Waals surface area contributed by atoms with Crippen molar-refractivity contribution in [2.24, 2.45) is 0 Å². The number of aromatic amines is 1. The summed E-state index contributed by atoms with van der Waals surface area (Å²) in [5.41, 5.74) is 1.04. The first kappa shape index (κ1) is 10.0. The SMILES string of the molecule is O=C(O)c1[nH]c2c(F)ccc3c2c1CCC3=O. The average Bonchev–Trinajstić information content (AvgIpc) is 2.67. The number of benzene rings is 1. The van der Waals surface area contributed by atoms with E-state index in [0.717, 1.165) is 0 Å². The van der Waals surface area contributed by atoms with Crippen molar-refractivity contribution >= 4 is 22.7 Å². The van der Waals surface area contributed by atoms with E-state index in [2.05, 4.69) is 4.98 Å². The van der Waals surface area contributed by atoms with Crippen LogP contribution in [0.4, 0.5) is 4.39 Å². The summed E-state index contributed by atoms with van der Waals surface area (Å²) in [5.74, 6) is -1.73. The molecule has 1 aliphatic carbocycles. The molecular formula is C12H8FNO3. The number of carbonyl (C=O) groups excluding carboxylic acids is 1. The van der Waals surface area contributed by atoms with Crippen LogP contribution >= 0.6 is 0 Å². The molecule has 86 valence electrons. The molecule has 2 aromatic rings. The highest BCUT2D eigenvalue weighted by Gasteiger charge is 2.27. The second-order valence-electron chi connectivity index (χ2n) is 4.05. The van der Waals surface area contributed by atoms with Gasteiger partial charge in [0.15, 0.2) is 5.78 Å². The number of ketones is 1. The molecule has 0 spiro atoms. The molecule has 1 aliphatic rings. The quantitative estimate of drug-likeness (QED) is 0.792. The molecule has 1 heterocycles. The van der Waals surface area contributed by atoms with Gasteiger partial charge in [-0.05, 0) is 24.1 Å². The number of aromatic nitrogens is 1. The molecule has 2 N–H and O–H groups in total. The fourth-order valence-electron chi connectivity index (χ4n) is 2.38. The van der Waals surface area contributed by atoms with Crippen LogP contribution in [0.15, 0.2) is 12.1 Å². The minimum Gasteiger partial charge on any atom is -0.477 e. The predicted octanol–water partition coefficient (Wildman–Crippen LogP) is 2.13. The third-order valence-corrected chi connectivity index (χ3v) is 3.12. The molecule has 0 unspecified atom stereocenters. The van der Waals surface area contributed by atoms with Gasteiger partial charge in [-0.2, -0.15) is 0 Å². The Labute approximate surface area is 95.1 Å². The Hall–Kier alpha value is -2.17. The maximum Gasteiger partial charge on any atom is 0.352 e. The van der Waals surface area contributed by atoms with Crippen molar-refractivity contribution in [2.75, 3.05) is 0 Å². The molecule has 0 bridgehead atoms. The van der Waals surface area contributed by atoms with Gasteiger partial charge in [0, 0.05) is 17.4 Å². The number of rotatable bonds is 1. The van der Waals surface area contributed by atoms with Gasteiger partial charge >= 0.3 is 5.97 Å². The lowest BCUT2D eigenvalue weighted by Gasteiger charge is -2.11. The zero-order valence-corrected chi connectivity index (χ0v) is 8.71. The Balaban J connectivity index is 2.49. The first-order chi connectivity index (χ1) is 8.09. The molecule has 17 heavy (non-hydrogen) atoms. The smallest absolute Gasteiger partial charge is 0.352 e. The van der Waals surface area contributed by atoms with Gasteiger partial charge < -0.3 is 10.1 Å². The molecule has 4 nitrogen and oxygen atoms in total. The molecule has 0 aliphatic heterocycles. The Morgan fingerprint density at radius 2 is 2.12 bits per heavy atom. The Bertz CT molecular complexity index is 672. The summed E-state index contributed by atoms with van der Waals surface area (Å²) in [5, 5.41) is 9.46. The summed E-state index contributed by atoms with van der Waals surface area (Å²) >= 11 is 0. The summed E-state index contributed by atoms with van der Waals surface area (Å²) in [7, 11) is 0. The molecule has 1 aromatic heterocycles. The minimum atomic E-state index is -1.13. The largest absolute Gasteiger partial charge is 0.477 e. The van der Waals surface area contributed by atoms with Crippen molar-refractivity contribution in [3.8, 4) is 0 Å². The van der Waals surface area contributed by atoms with E-state index in [1.54, 1.807) is 0 Å². The van der Waals surface area contributed by atoms with Gasteiger partial charge in [0.2, 0.25) is 0 Å². The van der Waals surface area contributed by atoms with Crippen molar-refractivity contribution < 1.29 is 19.1 Å². The van der Waals surface area contributed by atoms with Crippen LogP contribution in [0, 0.1) is 5.82 Å². The van der Waals surface area contributed by atoms with Crippen molar-refractivity contribution in [2.45, 2.75) is 12.8 Å². The van der Waals surface area contributed by atoms with Crippen LogP contribution in [0.25, 0.3) is 10.9 Å². The van der Waals surface area contributed by atoms with Crippen molar-refractivity contribution in [1.82, 2.24) is 4.98 Å². The summed E-state index contributed by atoms with van der Waals surface area (Å²) in [6.07, 6.45) is 0.614. The molecule has 3 rings (SSSR count). The summed E-state index contributed by atoms with van der Waals surface area (Å²) in [6, 6.07) is 2.61. The third-order valence-electron chi connectivity index (χ3n) is 3.12. The van der Waals surface area contributed by atoms with E-state index in [-0.39, 0.29) is 23.4 Å². The molecule has 0 fully saturated rings. The fourth-order valence-corrected chi connectivity index (χ4v) is 2.38. The number of aryl methyl sites for hydroxylation is 1. The zero-order chi connectivity index (χ0) is 12.2. The molecule has 0 saturated heterocycles. The number of carboxylic acid groups (broad SMARTS) is 1. The number of H-pyrrole nitrogens is 1. The molecule has 0 radical (unpaired) electrons. The van der Waals surface area contributed by atoms with Crippen LogP contribution in [0.5, 0.6) is 0 Å². The maximum atomic E-state index is 13.6. The van der Waals surface area contributed by atoms with E-state index in [0.29, 0.717) is 22.9 Å². The predicted molar refractivity (Wildman–Crippen MR) is 57.9 cm³/mol.